The van der Waals surface area contributed by atoms with E-state index in [9.17, 15) is 18.0 Å². The molecule has 0 aromatic heterocycles. The van der Waals surface area contributed by atoms with Crippen molar-refractivity contribution in [3.63, 3.8) is 0 Å². The van der Waals surface area contributed by atoms with Crippen molar-refractivity contribution in [2.75, 3.05) is 0 Å². The molecular weight excluding hydrogens is 159 g/mol. The average Bonchev–Trinajstić information content (AvgIpc) is 1.56. The minimum Gasteiger partial charge on any atom is -0.319 e. The fourth-order valence-corrected chi connectivity index (χ4v) is 0.410. The van der Waals surface area contributed by atoms with Gasteiger partial charge in [-0.2, -0.15) is 13.2 Å². The van der Waals surface area contributed by atoms with Gasteiger partial charge in [0.15, 0.2) is 5.78 Å². The second-order valence-corrected chi connectivity index (χ2v) is 2.94. The molecule has 0 unspecified atom stereocenters. The highest BCUT2D eigenvalue weighted by Gasteiger charge is 2.36. The SMILES string of the molecule is CC(C)(N)C(=O)CC(F)(F)F. The topological polar surface area (TPSA) is 43.1 Å². The van der Waals surface area contributed by atoms with Gasteiger partial charge in [-0.25, -0.2) is 0 Å². The van der Waals surface area contributed by atoms with Crippen LogP contribution in [0.2, 0.25) is 0 Å². The molecule has 66 valence electrons. The van der Waals surface area contributed by atoms with Gasteiger partial charge in [0.25, 0.3) is 0 Å². The summed E-state index contributed by atoms with van der Waals surface area (Å²) in [7, 11) is 0. The van der Waals surface area contributed by atoms with Gasteiger partial charge < -0.3 is 5.73 Å². The number of nitrogens with two attached hydrogens (primary N) is 1. The van der Waals surface area contributed by atoms with Gasteiger partial charge in [-0.05, 0) is 13.8 Å². The second kappa shape index (κ2) is 2.81. The molecule has 0 atom stereocenters. The standard InChI is InChI=1S/C6H10F3NO/c1-5(2,10)4(11)3-6(7,8)9/h3,10H2,1-2H3. The van der Waals surface area contributed by atoms with Crippen LogP contribution in [0, 0.1) is 0 Å². The Bertz CT molecular complexity index is 156. The summed E-state index contributed by atoms with van der Waals surface area (Å²) in [6.07, 6.45) is -5.90. The molecule has 0 heterocycles. The molecule has 0 radical (unpaired) electrons. The van der Waals surface area contributed by atoms with E-state index in [1.54, 1.807) is 0 Å². The number of Topliss-reactive ketones (excluding diaryl/α,β-unsaturated/α-hetero) is 1. The van der Waals surface area contributed by atoms with E-state index in [1.165, 1.54) is 13.8 Å². The summed E-state index contributed by atoms with van der Waals surface area (Å²) >= 11 is 0. The maximum Gasteiger partial charge on any atom is 0.395 e. The van der Waals surface area contributed by atoms with E-state index >= 15 is 0 Å². The highest BCUT2D eigenvalue weighted by atomic mass is 19.4. The van der Waals surface area contributed by atoms with Crippen molar-refractivity contribution in [2.24, 2.45) is 5.73 Å². The average molecular weight is 169 g/mol. The molecule has 5 heteroatoms. The molecule has 0 rings (SSSR count). The lowest BCUT2D eigenvalue weighted by molar-refractivity contribution is -0.155. The van der Waals surface area contributed by atoms with Gasteiger partial charge in [0.2, 0.25) is 0 Å². The van der Waals surface area contributed by atoms with E-state index in [-0.39, 0.29) is 0 Å². The summed E-state index contributed by atoms with van der Waals surface area (Å²) < 4.78 is 34.7. The first-order valence-corrected chi connectivity index (χ1v) is 3.02. The summed E-state index contributed by atoms with van der Waals surface area (Å²) in [5, 5.41) is 0. The Kier molecular flexibility index (Phi) is 2.66. The molecule has 0 amide bonds. The van der Waals surface area contributed by atoms with Crippen LogP contribution >= 0.6 is 0 Å². The minimum atomic E-state index is -4.45. The monoisotopic (exact) mass is 169 g/mol. The first-order chi connectivity index (χ1) is 4.63. The van der Waals surface area contributed by atoms with Crippen LogP contribution in [0.5, 0.6) is 0 Å². The lowest BCUT2D eigenvalue weighted by atomic mass is 9.98. The zero-order chi connectivity index (χ0) is 9.28. The van der Waals surface area contributed by atoms with Crippen LogP contribution < -0.4 is 5.73 Å². The van der Waals surface area contributed by atoms with Crippen LogP contribution in [0.25, 0.3) is 0 Å². The number of alkyl halides is 3. The summed E-state index contributed by atoms with van der Waals surface area (Å²) in [6.45, 7) is 2.50. The molecule has 0 aliphatic carbocycles. The molecule has 0 aromatic rings. The smallest absolute Gasteiger partial charge is 0.319 e. The first-order valence-electron chi connectivity index (χ1n) is 3.02. The summed E-state index contributed by atoms with van der Waals surface area (Å²) in [6, 6.07) is 0. The van der Waals surface area contributed by atoms with Crippen molar-refractivity contribution in [2.45, 2.75) is 32.0 Å². The number of hydrogen-bond acceptors (Lipinski definition) is 2. The third-order valence-corrected chi connectivity index (χ3v) is 1.08. The number of carbonyl (C=O) groups is 1. The first kappa shape index (κ1) is 10.4. The van der Waals surface area contributed by atoms with E-state index in [1.807, 2.05) is 0 Å². The molecule has 0 aliphatic heterocycles. The second-order valence-electron chi connectivity index (χ2n) is 2.94. The number of ketones is 1. The molecule has 0 bridgehead atoms. The van der Waals surface area contributed by atoms with Gasteiger partial charge in [0, 0.05) is 0 Å². The van der Waals surface area contributed by atoms with E-state index in [0.717, 1.165) is 0 Å². The molecule has 0 aromatic carbocycles. The van der Waals surface area contributed by atoms with Crippen molar-refractivity contribution in [1.29, 1.82) is 0 Å². The van der Waals surface area contributed by atoms with Gasteiger partial charge in [0.05, 0.1) is 5.54 Å². The normalized spacial score (nSPS) is 13.3. The largest absolute Gasteiger partial charge is 0.395 e. The van der Waals surface area contributed by atoms with E-state index in [4.69, 9.17) is 5.73 Å². The third-order valence-electron chi connectivity index (χ3n) is 1.08. The number of rotatable bonds is 2. The predicted molar refractivity (Wildman–Crippen MR) is 33.9 cm³/mol. The number of carbonyl (C=O) groups excluding carboxylic acids is 1. The van der Waals surface area contributed by atoms with Gasteiger partial charge in [-0.1, -0.05) is 0 Å². The van der Waals surface area contributed by atoms with Crippen LogP contribution in [0.4, 0.5) is 13.2 Å². The Balaban J connectivity index is 4.11. The Morgan fingerprint density at radius 3 is 1.82 bits per heavy atom. The van der Waals surface area contributed by atoms with Gasteiger partial charge in [-0.15, -0.1) is 0 Å². The summed E-state index contributed by atoms with van der Waals surface area (Å²) in [5.74, 6) is -0.995. The molecular formula is C6H10F3NO. The maximum atomic E-state index is 11.6. The molecule has 11 heavy (non-hydrogen) atoms. The van der Waals surface area contributed by atoms with E-state index in [2.05, 4.69) is 0 Å². The van der Waals surface area contributed by atoms with Crippen molar-refractivity contribution in [3.8, 4) is 0 Å². The summed E-state index contributed by atoms with van der Waals surface area (Å²) in [4.78, 5) is 10.6. The Hall–Kier alpha value is -0.580. The van der Waals surface area contributed by atoms with Gasteiger partial charge in [0.1, 0.15) is 6.42 Å². The van der Waals surface area contributed by atoms with Crippen LogP contribution in [-0.4, -0.2) is 17.5 Å². The molecule has 0 fully saturated rings. The van der Waals surface area contributed by atoms with Crippen molar-refractivity contribution < 1.29 is 18.0 Å². The molecule has 0 aliphatic rings. The Morgan fingerprint density at radius 1 is 1.36 bits per heavy atom. The number of hydrogen-bond donors (Lipinski definition) is 1. The van der Waals surface area contributed by atoms with E-state index < -0.39 is 23.9 Å². The van der Waals surface area contributed by atoms with Crippen LogP contribution in [-0.2, 0) is 4.79 Å². The quantitative estimate of drug-likeness (QED) is 0.675. The summed E-state index contributed by atoms with van der Waals surface area (Å²) in [5.41, 5.74) is 3.74. The molecule has 0 saturated heterocycles. The van der Waals surface area contributed by atoms with Crippen LogP contribution in [0.1, 0.15) is 20.3 Å². The van der Waals surface area contributed by atoms with Gasteiger partial charge >= 0.3 is 6.18 Å². The maximum absolute atomic E-state index is 11.6. The Morgan fingerprint density at radius 2 is 1.73 bits per heavy atom. The fraction of sp³-hybridized carbons (Fsp3) is 0.833. The lowest BCUT2D eigenvalue weighted by Crippen LogP contribution is -2.43. The number of halogens is 3. The van der Waals surface area contributed by atoms with Crippen molar-refractivity contribution in [3.05, 3.63) is 0 Å². The van der Waals surface area contributed by atoms with E-state index in [0.29, 0.717) is 0 Å². The lowest BCUT2D eigenvalue weighted by Gasteiger charge is -2.17. The fourth-order valence-electron chi connectivity index (χ4n) is 0.410. The highest BCUT2D eigenvalue weighted by Crippen LogP contribution is 2.22. The molecule has 2 nitrogen and oxygen atoms in total. The molecule has 2 N–H and O–H groups in total. The van der Waals surface area contributed by atoms with Crippen molar-refractivity contribution in [1.82, 2.24) is 0 Å². The third kappa shape index (κ3) is 4.78. The zero-order valence-electron chi connectivity index (χ0n) is 6.33. The minimum absolute atomic E-state index is 0.995. The highest BCUT2D eigenvalue weighted by molar-refractivity contribution is 5.87. The van der Waals surface area contributed by atoms with Crippen LogP contribution in [0.15, 0.2) is 0 Å². The molecule has 0 spiro atoms. The van der Waals surface area contributed by atoms with Gasteiger partial charge in [-0.3, -0.25) is 4.79 Å². The molecule has 0 saturated carbocycles. The zero-order valence-corrected chi connectivity index (χ0v) is 6.33. The Labute approximate surface area is 62.6 Å². The van der Waals surface area contributed by atoms with Crippen molar-refractivity contribution >= 4 is 5.78 Å². The predicted octanol–water partition coefficient (Wildman–Crippen LogP) is 1.25. The van der Waals surface area contributed by atoms with Crippen LogP contribution in [0.3, 0.4) is 0 Å².